The van der Waals surface area contributed by atoms with E-state index < -0.39 is 30.6 Å². The highest BCUT2D eigenvalue weighted by Crippen LogP contribution is 2.10. The number of rotatable bonds is 8. The number of carbonyl (C=O) groups excluding carboxylic acids is 3. The minimum absolute atomic E-state index is 0.201. The molecule has 2 rings (SSSR count). The quantitative estimate of drug-likeness (QED) is 0.597. The fourth-order valence-electron chi connectivity index (χ4n) is 2.35. The van der Waals surface area contributed by atoms with E-state index in [0.29, 0.717) is 5.02 Å². The van der Waals surface area contributed by atoms with Crippen LogP contribution in [0.25, 0.3) is 0 Å². The van der Waals surface area contributed by atoms with Gasteiger partial charge in [0.15, 0.2) is 6.61 Å². The Morgan fingerprint density at radius 2 is 1.74 bits per heavy atom. The van der Waals surface area contributed by atoms with E-state index in [-0.39, 0.29) is 13.0 Å². The highest BCUT2D eigenvalue weighted by atomic mass is 35.5. The third-order valence-corrected chi connectivity index (χ3v) is 3.84. The topological polar surface area (TPSA) is 111 Å². The van der Waals surface area contributed by atoms with Crippen LogP contribution in [-0.2, 0) is 27.3 Å². The Bertz CT molecular complexity index is 799. The molecule has 0 saturated heterocycles. The average Bonchev–Trinajstić information content (AvgIpc) is 2.64. The summed E-state index contributed by atoms with van der Waals surface area (Å²) in [6, 6.07) is 14.3. The number of urea groups is 1. The van der Waals surface area contributed by atoms with Crippen molar-refractivity contribution in [1.82, 2.24) is 10.6 Å². The number of nitrogens with one attached hydrogen (secondary N) is 2. The van der Waals surface area contributed by atoms with E-state index in [4.69, 9.17) is 22.1 Å². The summed E-state index contributed by atoms with van der Waals surface area (Å²) in [5.41, 5.74) is 6.75. The van der Waals surface area contributed by atoms with E-state index in [1.54, 1.807) is 30.3 Å². The van der Waals surface area contributed by atoms with Crippen LogP contribution in [0.15, 0.2) is 54.6 Å². The van der Waals surface area contributed by atoms with Crippen LogP contribution in [-0.4, -0.2) is 30.6 Å². The minimum Gasteiger partial charge on any atom is -0.454 e. The molecule has 27 heavy (non-hydrogen) atoms. The molecule has 0 unspecified atom stereocenters. The standard InChI is InChI=1S/C19H20ClN3O4/c20-15-8-4-7-14(9-15)11-22-17(24)12-27-18(25)16(23-19(21)26)10-13-5-2-1-3-6-13/h1-9,16H,10-12H2,(H,22,24)(H3,21,23,26)/t16-/m0/s1. The van der Waals surface area contributed by atoms with Gasteiger partial charge in [-0.2, -0.15) is 0 Å². The molecule has 0 aliphatic heterocycles. The van der Waals surface area contributed by atoms with Crippen molar-refractivity contribution in [2.75, 3.05) is 6.61 Å². The zero-order valence-corrected chi connectivity index (χ0v) is 15.2. The molecule has 0 aromatic heterocycles. The van der Waals surface area contributed by atoms with Crippen molar-refractivity contribution >= 4 is 29.5 Å². The van der Waals surface area contributed by atoms with Gasteiger partial charge in [0.25, 0.3) is 5.91 Å². The lowest BCUT2D eigenvalue weighted by Crippen LogP contribution is -2.46. The molecule has 0 radical (unpaired) electrons. The predicted molar refractivity (Wildman–Crippen MR) is 101 cm³/mol. The van der Waals surface area contributed by atoms with Gasteiger partial charge >= 0.3 is 12.0 Å². The second kappa shape index (κ2) is 10.2. The number of halogens is 1. The second-order valence-electron chi connectivity index (χ2n) is 5.77. The van der Waals surface area contributed by atoms with E-state index >= 15 is 0 Å². The van der Waals surface area contributed by atoms with Gasteiger partial charge < -0.3 is 21.1 Å². The summed E-state index contributed by atoms with van der Waals surface area (Å²) in [7, 11) is 0. The number of hydrogen-bond acceptors (Lipinski definition) is 4. The van der Waals surface area contributed by atoms with E-state index in [9.17, 15) is 14.4 Å². The first-order chi connectivity index (χ1) is 12.9. The maximum absolute atomic E-state index is 12.2. The van der Waals surface area contributed by atoms with Crippen LogP contribution < -0.4 is 16.4 Å². The van der Waals surface area contributed by atoms with Crippen molar-refractivity contribution in [1.29, 1.82) is 0 Å². The SMILES string of the molecule is NC(=O)N[C@@H](Cc1ccccc1)C(=O)OCC(=O)NCc1cccc(Cl)c1. The molecule has 3 amide bonds. The summed E-state index contributed by atoms with van der Waals surface area (Å²) in [4.78, 5) is 35.2. The number of hydrogen-bond donors (Lipinski definition) is 3. The normalized spacial score (nSPS) is 11.3. The number of carbonyl (C=O) groups is 3. The first-order valence-corrected chi connectivity index (χ1v) is 8.59. The molecule has 0 aliphatic carbocycles. The van der Waals surface area contributed by atoms with Gasteiger partial charge in [0, 0.05) is 18.0 Å². The lowest BCUT2D eigenvalue weighted by molar-refractivity contribution is -0.150. The first-order valence-electron chi connectivity index (χ1n) is 8.21. The largest absolute Gasteiger partial charge is 0.454 e. The van der Waals surface area contributed by atoms with Gasteiger partial charge in [0.2, 0.25) is 0 Å². The zero-order chi connectivity index (χ0) is 19.6. The van der Waals surface area contributed by atoms with Gasteiger partial charge in [-0.3, -0.25) is 4.79 Å². The monoisotopic (exact) mass is 389 g/mol. The number of ether oxygens (including phenoxy) is 1. The predicted octanol–water partition coefficient (Wildman–Crippen LogP) is 1.78. The van der Waals surface area contributed by atoms with Crippen molar-refractivity contribution in [3.63, 3.8) is 0 Å². The summed E-state index contributed by atoms with van der Waals surface area (Å²) in [6.45, 7) is -0.213. The Kier molecular flexibility index (Phi) is 7.63. The molecule has 142 valence electrons. The lowest BCUT2D eigenvalue weighted by Gasteiger charge is -2.16. The fraction of sp³-hybridized carbons (Fsp3) is 0.211. The minimum atomic E-state index is -0.981. The summed E-state index contributed by atoms with van der Waals surface area (Å²) >= 11 is 5.88. The summed E-state index contributed by atoms with van der Waals surface area (Å²) in [5.74, 6) is -1.21. The molecular weight excluding hydrogens is 370 g/mol. The van der Waals surface area contributed by atoms with Gasteiger partial charge in [-0.1, -0.05) is 54.1 Å². The molecular formula is C19H20ClN3O4. The molecule has 0 spiro atoms. The Morgan fingerprint density at radius 1 is 1.04 bits per heavy atom. The Hall–Kier alpha value is -3.06. The number of nitrogens with two attached hydrogens (primary N) is 1. The summed E-state index contributed by atoms with van der Waals surface area (Å²) < 4.78 is 5.00. The van der Waals surface area contributed by atoms with E-state index in [2.05, 4.69) is 10.6 Å². The van der Waals surface area contributed by atoms with Crippen molar-refractivity contribution < 1.29 is 19.1 Å². The Labute approximate surface area is 161 Å². The number of amides is 3. The summed E-state index contributed by atoms with van der Waals surface area (Å²) in [6.07, 6.45) is 0.201. The number of esters is 1. The van der Waals surface area contributed by atoms with Crippen LogP contribution >= 0.6 is 11.6 Å². The number of primary amides is 1. The summed E-state index contributed by atoms with van der Waals surface area (Å²) in [5, 5.41) is 5.52. The third kappa shape index (κ3) is 7.37. The van der Waals surface area contributed by atoms with Gasteiger partial charge in [0.1, 0.15) is 6.04 Å². The average molecular weight is 390 g/mol. The highest BCUT2D eigenvalue weighted by molar-refractivity contribution is 6.30. The molecule has 1 atom stereocenters. The van der Waals surface area contributed by atoms with Crippen molar-refractivity contribution in [2.45, 2.75) is 19.0 Å². The van der Waals surface area contributed by atoms with Crippen LogP contribution in [0.4, 0.5) is 4.79 Å². The third-order valence-electron chi connectivity index (χ3n) is 3.61. The number of benzene rings is 2. The molecule has 0 bridgehead atoms. The fourth-order valence-corrected chi connectivity index (χ4v) is 2.56. The molecule has 2 aromatic rings. The Balaban J connectivity index is 1.84. The van der Waals surface area contributed by atoms with Crippen molar-refractivity contribution in [3.05, 3.63) is 70.7 Å². The second-order valence-corrected chi connectivity index (χ2v) is 6.20. The van der Waals surface area contributed by atoms with Crippen molar-refractivity contribution in [3.8, 4) is 0 Å². The van der Waals surface area contributed by atoms with Crippen molar-refractivity contribution in [2.24, 2.45) is 5.73 Å². The maximum atomic E-state index is 12.2. The van der Waals surface area contributed by atoms with Crippen LogP contribution in [0.3, 0.4) is 0 Å². The van der Waals surface area contributed by atoms with Gasteiger partial charge in [-0.15, -0.1) is 0 Å². The van der Waals surface area contributed by atoms with Gasteiger partial charge in [-0.25, -0.2) is 9.59 Å². The molecule has 0 heterocycles. The smallest absolute Gasteiger partial charge is 0.329 e. The maximum Gasteiger partial charge on any atom is 0.329 e. The molecule has 0 aliphatic rings. The first kappa shape index (κ1) is 20.3. The van der Waals surface area contributed by atoms with E-state index in [0.717, 1.165) is 11.1 Å². The van der Waals surface area contributed by atoms with E-state index in [1.165, 1.54) is 0 Å². The molecule has 8 heteroatoms. The van der Waals surface area contributed by atoms with Crippen LogP contribution in [0.2, 0.25) is 5.02 Å². The van der Waals surface area contributed by atoms with E-state index in [1.807, 2.05) is 24.3 Å². The van der Waals surface area contributed by atoms with Crippen LogP contribution in [0.1, 0.15) is 11.1 Å². The zero-order valence-electron chi connectivity index (χ0n) is 14.5. The Morgan fingerprint density at radius 3 is 2.41 bits per heavy atom. The molecule has 0 saturated carbocycles. The molecule has 0 fully saturated rings. The molecule has 4 N–H and O–H groups in total. The highest BCUT2D eigenvalue weighted by Gasteiger charge is 2.22. The molecule has 2 aromatic carbocycles. The van der Waals surface area contributed by atoms with Crippen LogP contribution in [0, 0.1) is 0 Å². The van der Waals surface area contributed by atoms with Gasteiger partial charge in [-0.05, 0) is 23.3 Å². The molecule has 7 nitrogen and oxygen atoms in total. The van der Waals surface area contributed by atoms with Gasteiger partial charge in [0.05, 0.1) is 0 Å². The van der Waals surface area contributed by atoms with Crippen LogP contribution in [0.5, 0.6) is 0 Å². The lowest BCUT2D eigenvalue weighted by atomic mass is 10.1.